The summed E-state index contributed by atoms with van der Waals surface area (Å²) in [5, 5.41) is 3.36. The minimum absolute atomic E-state index is 0.123. The van der Waals surface area contributed by atoms with E-state index in [0.717, 1.165) is 15.8 Å². The van der Waals surface area contributed by atoms with Crippen molar-refractivity contribution in [1.82, 2.24) is 0 Å². The molecule has 3 aromatic rings. The third-order valence-electron chi connectivity index (χ3n) is 4.18. The zero-order valence-electron chi connectivity index (χ0n) is 13.1. The van der Waals surface area contributed by atoms with E-state index >= 15 is 0 Å². The molecule has 5 heteroatoms. The van der Waals surface area contributed by atoms with Gasteiger partial charge >= 0.3 is 0 Å². The van der Waals surface area contributed by atoms with Crippen LogP contribution in [0.3, 0.4) is 0 Å². The molecule has 1 aliphatic rings. The number of halogens is 2. The third kappa shape index (κ3) is 2.91. The molecule has 0 aliphatic carbocycles. The quantitative estimate of drug-likeness (QED) is 0.632. The van der Waals surface area contributed by atoms with Crippen LogP contribution in [-0.4, -0.2) is 5.91 Å². The molecule has 4 rings (SSSR count). The van der Waals surface area contributed by atoms with E-state index in [-0.39, 0.29) is 11.7 Å². The van der Waals surface area contributed by atoms with E-state index < -0.39 is 6.17 Å². The maximum Gasteiger partial charge on any atom is 0.262 e. The van der Waals surface area contributed by atoms with E-state index in [9.17, 15) is 9.18 Å². The molecular formula is C20H14BrFN2O. The minimum Gasteiger partial charge on any atom is -0.360 e. The Morgan fingerprint density at radius 3 is 2.56 bits per heavy atom. The van der Waals surface area contributed by atoms with E-state index in [1.807, 2.05) is 48.5 Å². The minimum atomic E-state index is -0.493. The van der Waals surface area contributed by atoms with Crippen molar-refractivity contribution in [3.05, 3.63) is 94.2 Å². The topological polar surface area (TPSA) is 32.3 Å². The predicted octanol–water partition coefficient (Wildman–Crippen LogP) is 5.36. The predicted molar refractivity (Wildman–Crippen MR) is 100 cm³/mol. The SMILES string of the molecule is O=C1c2ccccc2N[C@@H](c2cccc(F)c2)N1c1cccc(Br)c1. The molecule has 1 N–H and O–H groups in total. The monoisotopic (exact) mass is 396 g/mol. The number of carbonyl (C=O) groups is 1. The number of para-hydroxylation sites is 1. The summed E-state index contributed by atoms with van der Waals surface area (Å²) in [5.74, 6) is -0.457. The van der Waals surface area contributed by atoms with Gasteiger partial charge < -0.3 is 5.32 Å². The van der Waals surface area contributed by atoms with Crippen LogP contribution in [0.25, 0.3) is 0 Å². The molecule has 0 saturated carbocycles. The zero-order chi connectivity index (χ0) is 17.4. The fraction of sp³-hybridized carbons (Fsp3) is 0.0500. The number of fused-ring (bicyclic) bond motifs is 1. The van der Waals surface area contributed by atoms with E-state index in [0.29, 0.717) is 11.1 Å². The Labute approximate surface area is 153 Å². The van der Waals surface area contributed by atoms with Gasteiger partial charge in [-0.1, -0.05) is 46.3 Å². The van der Waals surface area contributed by atoms with Crippen LogP contribution in [0.1, 0.15) is 22.1 Å². The van der Waals surface area contributed by atoms with E-state index in [1.165, 1.54) is 12.1 Å². The molecule has 3 nitrogen and oxygen atoms in total. The third-order valence-corrected chi connectivity index (χ3v) is 4.67. The smallest absolute Gasteiger partial charge is 0.262 e. The van der Waals surface area contributed by atoms with Gasteiger partial charge in [0.15, 0.2) is 0 Å². The molecule has 1 aliphatic heterocycles. The Bertz CT molecular complexity index is 960. The lowest BCUT2D eigenvalue weighted by Crippen LogP contribution is -2.43. The van der Waals surface area contributed by atoms with Crippen molar-refractivity contribution in [2.45, 2.75) is 6.17 Å². The van der Waals surface area contributed by atoms with Crippen LogP contribution in [0.4, 0.5) is 15.8 Å². The molecular weight excluding hydrogens is 383 g/mol. The molecule has 0 aromatic heterocycles. The Kier molecular flexibility index (Phi) is 4.01. The highest BCUT2D eigenvalue weighted by Gasteiger charge is 2.34. The second-order valence-electron chi connectivity index (χ2n) is 5.80. The molecule has 124 valence electrons. The highest BCUT2D eigenvalue weighted by molar-refractivity contribution is 9.10. The normalized spacial score (nSPS) is 16.3. The maximum atomic E-state index is 13.8. The average molecular weight is 397 g/mol. The molecule has 3 aromatic carbocycles. The van der Waals surface area contributed by atoms with Gasteiger partial charge in [-0.2, -0.15) is 0 Å². The largest absolute Gasteiger partial charge is 0.360 e. The van der Waals surface area contributed by atoms with Crippen molar-refractivity contribution in [3.8, 4) is 0 Å². The number of amides is 1. The molecule has 0 unspecified atom stereocenters. The number of anilines is 2. The van der Waals surface area contributed by atoms with Crippen LogP contribution < -0.4 is 10.2 Å². The second-order valence-corrected chi connectivity index (χ2v) is 6.72. The number of benzene rings is 3. The number of carbonyl (C=O) groups excluding carboxylic acids is 1. The number of rotatable bonds is 2. The van der Waals surface area contributed by atoms with Crippen molar-refractivity contribution in [2.24, 2.45) is 0 Å². The standard InChI is InChI=1S/C20H14BrFN2O/c21-14-6-4-8-16(12-14)24-19(13-5-3-7-15(22)11-13)23-18-10-2-1-9-17(18)20(24)25/h1-12,19,23H/t19-/m1/s1. The number of hydrogen-bond donors (Lipinski definition) is 1. The molecule has 1 atom stereocenters. The van der Waals surface area contributed by atoms with Crippen LogP contribution in [0, 0.1) is 5.82 Å². The highest BCUT2D eigenvalue weighted by Crippen LogP contribution is 2.37. The summed E-state index contributed by atoms with van der Waals surface area (Å²) in [6.07, 6.45) is -0.493. The van der Waals surface area contributed by atoms with Gasteiger partial charge in [0.25, 0.3) is 5.91 Å². The summed E-state index contributed by atoms with van der Waals surface area (Å²) >= 11 is 3.45. The van der Waals surface area contributed by atoms with E-state index in [1.54, 1.807) is 17.0 Å². The van der Waals surface area contributed by atoms with Gasteiger partial charge in [0.2, 0.25) is 0 Å². The van der Waals surface area contributed by atoms with Crippen molar-refractivity contribution in [2.75, 3.05) is 10.2 Å². The Balaban J connectivity index is 1.88. The lowest BCUT2D eigenvalue weighted by Gasteiger charge is -2.38. The van der Waals surface area contributed by atoms with Crippen LogP contribution in [0.15, 0.2) is 77.3 Å². The van der Waals surface area contributed by atoms with Gasteiger partial charge in [-0.3, -0.25) is 9.69 Å². The summed E-state index contributed by atoms with van der Waals surface area (Å²) in [5.41, 5.74) is 2.75. The van der Waals surface area contributed by atoms with Gasteiger partial charge in [-0.25, -0.2) is 4.39 Å². The molecule has 0 saturated heterocycles. The number of nitrogens with one attached hydrogen (secondary N) is 1. The molecule has 1 amide bonds. The fourth-order valence-corrected chi connectivity index (χ4v) is 3.44. The first-order chi connectivity index (χ1) is 12.1. The zero-order valence-corrected chi connectivity index (χ0v) is 14.7. The molecule has 0 fully saturated rings. The first-order valence-electron chi connectivity index (χ1n) is 7.83. The lowest BCUT2D eigenvalue weighted by molar-refractivity contribution is 0.0975. The summed E-state index contributed by atoms with van der Waals surface area (Å²) in [6.45, 7) is 0. The Morgan fingerprint density at radius 1 is 0.960 bits per heavy atom. The number of nitrogens with zero attached hydrogens (tertiary/aromatic N) is 1. The molecule has 1 heterocycles. The van der Waals surface area contributed by atoms with Gasteiger partial charge in [0.1, 0.15) is 12.0 Å². The van der Waals surface area contributed by atoms with Gasteiger partial charge in [0, 0.05) is 15.8 Å². The highest BCUT2D eigenvalue weighted by atomic mass is 79.9. The van der Waals surface area contributed by atoms with Gasteiger partial charge in [-0.15, -0.1) is 0 Å². The first kappa shape index (κ1) is 15.8. The van der Waals surface area contributed by atoms with Crippen LogP contribution in [0.5, 0.6) is 0 Å². The second kappa shape index (κ2) is 6.33. The fourth-order valence-electron chi connectivity index (χ4n) is 3.06. The lowest BCUT2D eigenvalue weighted by atomic mass is 10.0. The molecule has 0 bridgehead atoms. The molecule has 0 radical (unpaired) electrons. The van der Waals surface area contributed by atoms with Crippen molar-refractivity contribution >= 4 is 33.2 Å². The van der Waals surface area contributed by atoms with Gasteiger partial charge in [0.05, 0.1) is 5.56 Å². The van der Waals surface area contributed by atoms with Crippen LogP contribution >= 0.6 is 15.9 Å². The summed E-state index contributed by atoms with van der Waals surface area (Å²) < 4.78 is 14.6. The average Bonchev–Trinajstić information content (AvgIpc) is 2.61. The maximum absolute atomic E-state index is 13.8. The summed E-state index contributed by atoms with van der Waals surface area (Å²) in [6, 6.07) is 21.2. The van der Waals surface area contributed by atoms with Crippen LogP contribution in [-0.2, 0) is 0 Å². The summed E-state index contributed by atoms with van der Waals surface area (Å²) in [4.78, 5) is 14.8. The first-order valence-corrected chi connectivity index (χ1v) is 8.63. The molecule has 25 heavy (non-hydrogen) atoms. The Morgan fingerprint density at radius 2 is 1.76 bits per heavy atom. The van der Waals surface area contributed by atoms with Crippen molar-refractivity contribution in [1.29, 1.82) is 0 Å². The summed E-state index contributed by atoms with van der Waals surface area (Å²) in [7, 11) is 0. The van der Waals surface area contributed by atoms with E-state index in [4.69, 9.17) is 0 Å². The van der Waals surface area contributed by atoms with Crippen molar-refractivity contribution in [3.63, 3.8) is 0 Å². The van der Waals surface area contributed by atoms with Crippen LogP contribution in [0.2, 0.25) is 0 Å². The molecule has 0 spiro atoms. The number of hydrogen-bond acceptors (Lipinski definition) is 2. The van der Waals surface area contributed by atoms with Crippen molar-refractivity contribution < 1.29 is 9.18 Å². The Hall–Kier alpha value is -2.66. The van der Waals surface area contributed by atoms with E-state index in [2.05, 4.69) is 21.2 Å². The van der Waals surface area contributed by atoms with Gasteiger partial charge in [-0.05, 0) is 48.0 Å².